The molecule has 0 aromatic heterocycles. The number of piperidine rings is 1. The highest BCUT2D eigenvalue weighted by Gasteiger charge is 2.28. The number of urea groups is 1. The largest absolute Gasteiger partial charge is 0.466 e. The molecule has 1 aliphatic heterocycles. The van der Waals surface area contributed by atoms with Gasteiger partial charge in [-0.1, -0.05) is 60.7 Å². The molecule has 1 saturated heterocycles. The van der Waals surface area contributed by atoms with E-state index in [-0.39, 0.29) is 23.8 Å². The molecule has 0 spiro atoms. The molecule has 0 atom stereocenters. The van der Waals surface area contributed by atoms with Gasteiger partial charge in [0.05, 0.1) is 12.5 Å². The summed E-state index contributed by atoms with van der Waals surface area (Å²) in [6, 6.07) is 20.8. The molecule has 0 radical (unpaired) electrons. The van der Waals surface area contributed by atoms with Gasteiger partial charge in [0.25, 0.3) is 0 Å². The molecule has 29 heavy (non-hydrogen) atoms. The zero-order valence-electron chi connectivity index (χ0n) is 17.0. The van der Waals surface area contributed by atoms with Crippen LogP contribution in [0.25, 0.3) is 0 Å². The maximum atomic E-state index is 12.6. The lowest BCUT2D eigenvalue weighted by molar-refractivity contribution is -0.149. The minimum Gasteiger partial charge on any atom is -0.466 e. The van der Waals surface area contributed by atoms with Crippen LogP contribution in [0.15, 0.2) is 60.7 Å². The first kappa shape index (κ1) is 20.9. The molecule has 0 saturated carbocycles. The average molecular weight is 395 g/mol. The zero-order valence-corrected chi connectivity index (χ0v) is 17.0. The van der Waals surface area contributed by atoms with Crippen molar-refractivity contribution in [3.63, 3.8) is 0 Å². The monoisotopic (exact) mass is 394 g/mol. The fraction of sp³-hybridized carbons (Fsp3) is 0.417. The number of rotatable bonds is 7. The molecule has 1 fully saturated rings. The van der Waals surface area contributed by atoms with Gasteiger partial charge >= 0.3 is 12.0 Å². The molecule has 1 aliphatic rings. The number of hydrogen-bond donors (Lipinski definition) is 1. The Labute approximate surface area is 173 Å². The highest BCUT2D eigenvalue weighted by Crippen LogP contribution is 2.27. The number of amides is 2. The van der Waals surface area contributed by atoms with Gasteiger partial charge in [-0.2, -0.15) is 0 Å². The number of ether oxygens (including phenoxy) is 1. The highest BCUT2D eigenvalue weighted by molar-refractivity contribution is 5.76. The van der Waals surface area contributed by atoms with Gasteiger partial charge in [0.15, 0.2) is 0 Å². The van der Waals surface area contributed by atoms with E-state index in [2.05, 4.69) is 53.8 Å². The van der Waals surface area contributed by atoms with Crippen LogP contribution in [0.2, 0.25) is 0 Å². The van der Waals surface area contributed by atoms with Crippen LogP contribution >= 0.6 is 0 Å². The summed E-state index contributed by atoms with van der Waals surface area (Å²) < 4.78 is 5.09. The quantitative estimate of drug-likeness (QED) is 0.716. The third-order valence-corrected chi connectivity index (χ3v) is 5.52. The van der Waals surface area contributed by atoms with Gasteiger partial charge in [-0.15, -0.1) is 0 Å². The molecule has 0 bridgehead atoms. The van der Waals surface area contributed by atoms with Crippen molar-refractivity contribution in [3.05, 3.63) is 71.8 Å². The molecule has 2 aromatic carbocycles. The van der Waals surface area contributed by atoms with Crippen LogP contribution in [0, 0.1) is 5.92 Å². The first-order valence-corrected chi connectivity index (χ1v) is 10.5. The fourth-order valence-corrected chi connectivity index (χ4v) is 3.91. The molecule has 1 heterocycles. The van der Waals surface area contributed by atoms with Crippen LogP contribution in [-0.2, 0) is 9.53 Å². The predicted molar refractivity (Wildman–Crippen MR) is 114 cm³/mol. The molecule has 2 aromatic rings. The van der Waals surface area contributed by atoms with Crippen LogP contribution in [0.4, 0.5) is 4.79 Å². The lowest BCUT2D eigenvalue weighted by Crippen LogP contribution is -2.46. The van der Waals surface area contributed by atoms with Crippen molar-refractivity contribution >= 4 is 12.0 Å². The number of esters is 1. The Kier molecular flexibility index (Phi) is 7.68. The second kappa shape index (κ2) is 10.6. The molecular weight excluding hydrogens is 364 g/mol. The summed E-state index contributed by atoms with van der Waals surface area (Å²) in [7, 11) is 0. The van der Waals surface area contributed by atoms with Gasteiger partial charge in [0, 0.05) is 25.6 Å². The Morgan fingerprint density at radius 3 is 2.07 bits per heavy atom. The molecule has 3 rings (SSSR count). The van der Waals surface area contributed by atoms with Crippen LogP contribution < -0.4 is 5.32 Å². The number of carbonyl (C=O) groups excluding carboxylic acids is 2. The van der Waals surface area contributed by atoms with E-state index in [0.29, 0.717) is 39.1 Å². The zero-order chi connectivity index (χ0) is 20.5. The molecule has 0 unspecified atom stereocenters. The number of carbonyl (C=O) groups is 2. The summed E-state index contributed by atoms with van der Waals surface area (Å²) in [5.41, 5.74) is 2.51. The topological polar surface area (TPSA) is 58.6 Å². The smallest absolute Gasteiger partial charge is 0.317 e. The minimum atomic E-state index is -0.138. The fourth-order valence-electron chi connectivity index (χ4n) is 3.91. The highest BCUT2D eigenvalue weighted by atomic mass is 16.5. The molecule has 2 amide bonds. The van der Waals surface area contributed by atoms with Gasteiger partial charge in [-0.25, -0.2) is 4.79 Å². The standard InChI is InChI=1S/C24H30N2O3/c1-2-29-23(27)21-14-17-26(18-15-21)24(28)25-16-13-22(19-9-5-3-6-10-19)20-11-7-4-8-12-20/h3-12,21-22H,2,13-18H2,1H3,(H,25,28). The van der Waals surface area contributed by atoms with E-state index in [1.165, 1.54) is 11.1 Å². The molecule has 154 valence electrons. The summed E-state index contributed by atoms with van der Waals surface area (Å²) in [5.74, 6) is 0.0212. The Bertz CT molecular complexity index is 732. The van der Waals surface area contributed by atoms with E-state index >= 15 is 0 Å². The summed E-state index contributed by atoms with van der Waals surface area (Å²) >= 11 is 0. The number of likely N-dealkylation sites (tertiary alicyclic amines) is 1. The van der Waals surface area contributed by atoms with Gasteiger partial charge in [-0.3, -0.25) is 4.79 Å². The summed E-state index contributed by atoms with van der Waals surface area (Å²) in [6.07, 6.45) is 2.17. The van der Waals surface area contributed by atoms with Crippen LogP contribution in [0.3, 0.4) is 0 Å². The third-order valence-electron chi connectivity index (χ3n) is 5.52. The van der Waals surface area contributed by atoms with Crippen molar-refractivity contribution in [2.24, 2.45) is 5.92 Å². The Hall–Kier alpha value is -2.82. The van der Waals surface area contributed by atoms with E-state index in [1.807, 2.05) is 19.1 Å². The van der Waals surface area contributed by atoms with Gasteiger partial charge in [-0.05, 0) is 37.3 Å². The van der Waals surface area contributed by atoms with Crippen molar-refractivity contribution in [2.75, 3.05) is 26.2 Å². The summed E-state index contributed by atoms with van der Waals surface area (Å²) in [4.78, 5) is 26.2. The van der Waals surface area contributed by atoms with Crippen molar-refractivity contribution in [1.29, 1.82) is 0 Å². The Balaban J connectivity index is 1.51. The SMILES string of the molecule is CCOC(=O)C1CCN(C(=O)NCCC(c2ccccc2)c2ccccc2)CC1. The van der Waals surface area contributed by atoms with Crippen molar-refractivity contribution in [1.82, 2.24) is 10.2 Å². The predicted octanol–water partition coefficient (Wildman–Crippen LogP) is 4.19. The Morgan fingerprint density at radius 1 is 1.00 bits per heavy atom. The van der Waals surface area contributed by atoms with Crippen molar-refractivity contribution in [3.8, 4) is 0 Å². The maximum Gasteiger partial charge on any atom is 0.317 e. The average Bonchev–Trinajstić information content (AvgIpc) is 2.78. The van der Waals surface area contributed by atoms with Crippen LogP contribution in [-0.4, -0.2) is 43.1 Å². The summed E-state index contributed by atoms with van der Waals surface area (Å²) in [5, 5.41) is 3.06. The van der Waals surface area contributed by atoms with E-state index in [4.69, 9.17) is 4.74 Å². The lowest BCUT2D eigenvalue weighted by atomic mass is 9.88. The second-order valence-electron chi connectivity index (χ2n) is 7.41. The number of nitrogens with zero attached hydrogens (tertiary/aromatic N) is 1. The van der Waals surface area contributed by atoms with Gasteiger partial charge in [0.1, 0.15) is 0 Å². The molecule has 1 N–H and O–H groups in total. The van der Waals surface area contributed by atoms with Crippen LogP contribution in [0.1, 0.15) is 43.2 Å². The molecular formula is C24H30N2O3. The van der Waals surface area contributed by atoms with Crippen LogP contribution in [0.5, 0.6) is 0 Å². The summed E-state index contributed by atoms with van der Waals surface area (Å²) in [6.45, 7) is 4.01. The molecule has 0 aliphatic carbocycles. The maximum absolute atomic E-state index is 12.6. The number of benzene rings is 2. The van der Waals surface area contributed by atoms with Gasteiger partial charge < -0.3 is 15.0 Å². The molecule has 5 nitrogen and oxygen atoms in total. The normalized spacial score (nSPS) is 14.6. The van der Waals surface area contributed by atoms with E-state index < -0.39 is 0 Å². The minimum absolute atomic E-state index is 0.0489. The first-order chi connectivity index (χ1) is 14.2. The second-order valence-corrected chi connectivity index (χ2v) is 7.41. The third kappa shape index (κ3) is 5.83. The van der Waals surface area contributed by atoms with Crippen molar-refractivity contribution < 1.29 is 14.3 Å². The van der Waals surface area contributed by atoms with Gasteiger partial charge in [0.2, 0.25) is 0 Å². The van der Waals surface area contributed by atoms with E-state index in [9.17, 15) is 9.59 Å². The van der Waals surface area contributed by atoms with E-state index in [1.54, 1.807) is 4.90 Å². The number of nitrogens with one attached hydrogen (secondary N) is 1. The van der Waals surface area contributed by atoms with E-state index in [0.717, 1.165) is 6.42 Å². The lowest BCUT2D eigenvalue weighted by Gasteiger charge is -2.31. The Morgan fingerprint density at radius 2 is 1.55 bits per heavy atom. The first-order valence-electron chi connectivity index (χ1n) is 10.5. The molecule has 5 heteroatoms. The van der Waals surface area contributed by atoms with Crippen molar-refractivity contribution in [2.45, 2.75) is 32.1 Å². The number of hydrogen-bond acceptors (Lipinski definition) is 3.